The minimum absolute atomic E-state index is 0.0258. The molecule has 0 spiro atoms. The number of aryl methyl sites for hydroxylation is 1. The predicted molar refractivity (Wildman–Crippen MR) is 76.0 cm³/mol. The highest BCUT2D eigenvalue weighted by Gasteiger charge is 2.23. The number of fused-ring (bicyclic) bond motifs is 1. The van der Waals surface area contributed by atoms with Gasteiger partial charge in [0.05, 0.1) is 12.6 Å². The van der Waals surface area contributed by atoms with Crippen molar-refractivity contribution in [1.82, 2.24) is 19.5 Å². The Hall–Kier alpha value is -1.60. The standard InChI is InChI=1S/C13H16N4O2S/c1-9-6-12(19)17-13(14-9)20-11(15-17)7-16-5-3-2-4-10(16)8-18/h6,8,10H,2-5,7H2,1H3. The lowest BCUT2D eigenvalue weighted by Gasteiger charge is -2.31. The summed E-state index contributed by atoms with van der Waals surface area (Å²) in [5.41, 5.74) is 0.550. The molecule has 0 radical (unpaired) electrons. The highest BCUT2D eigenvalue weighted by molar-refractivity contribution is 7.16. The van der Waals surface area contributed by atoms with E-state index >= 15 is 0 Å². The van der Waals surface area contributed by atoms with Gasteiger partial charge in [-0.1, -0.05) is 17.8 Å². The van der Waals surface area contributed by atoms with Crippen molar-refractivity contribution in [2.75, 3.05) is 6.54 Å². The van der Waals surface area contributed by atoms with Gasteiger partial charge in [0.25, 0.3) is 5.56 Å². The molecule has 0 aromatic carbocycles. The third-order valence-electron chi connectivity index (χ3n) is 3.57. The fraction of sp³-hybridized carbons (Fsp3) is 0.538. The number of aromatic nitrogens is 3. The molecule has 1 atom stereocenters. The van der Waals surface area contributed by atoms with E-state index < -0.39 is 0 Å². The van der Waals surface area contributed by atoms with Crippen molar-refractivity contribution in [2.24, 2.45) is 0 Å². The molecular formula is C13H16N4O2S. The highest BCUT2D eigenvalue weighted by atomic mass is 32.1. The van der Waals surface area contributed by atoms with Crippen LogP contribution < -0.4 is 5.56 Å². The van der Waals surface area contributed by atoms with Gasteiger partial charge >= 0.3 is 0 Å². The van der Waals surface area contributed by atoms with Crippen LogP contribution in [0.1, 0.15) is 30.0 Å². The predicted octanol–water partition coefficient (Wildman–Crippen LogP) is 1.01. The zero-order valence-corrected chi connectivity index (χ0v) is 12.1. The number of hydrogen-bond donors (Lipinski definition) is 0. The first-order valence-electron chi connectivity index (χ1n) is 6.73. The van der Waals surface area contributed by atoms with Crippen LogP contribution in [0, 0.1) is 6.92 Å². The van der Waals surface area contributed by atoms with Crippen molar-refractivity contribution < 1.29 is 4.79 Å². The number of likely N-dealkylation sites (tertiary alicyclic amines) is 1. The first-order valence-corrected chi connectivity index (χ1v) is 7.55. The van der Waals surface area contributed by atoms with E-state index in [1.54, 1.807) is 6.92 Å². The van der Waals surface area contributed by atoms with E-state index in [0.717, 1.165) is 37.1 Å². The molecule has 1 aliphatic rings. The molecule has 7 heteroatoms. The molecule has 0 saturated carbocycles. The van der Waals surface area contributed by atoms with E-state index in [4.69, 9.17) is 0 Å². The molecule has 1 saturated heterocycles. The second-order valence-electron chi connectivity index (χ2n) is 5.10. The van der Waals surface area contributed by atoms with Gasteiger partial charge in [0.1, 0.15) is 11.3 Å². The Morgan fingerprint density at radius 2 is 2.35 bits per heavy atom. The van der Waals surface area contributed by atoms with Gasteiger partial charge in [0.2, 0.25) is 4.96 Å². The van der Waals surface area contributed by atoms with Crippen LogP contribution >= 0.6 is 11.3 Å². The van der Waals surface area contributed by atoms with Gasteiger partial charge in [-0.05, 0) is 26.3 Å². The van der Waals surface area contributed by atoms with E-state index in [-0.39, 0.29) is 11.6 Å². The Labute approximate surface area is 120 Å². The van der Waals surface area contributed by atoms with E-state index in [9.17, 15) is 9.59 Å². The molecule has 2 aromatic heterocycles. The van der Waals surface area contributed by atoms with Crippen molar-refractivity contribution in [2.45, 2.75) is 38.8 Å². The summed E-state index contributed by atoms with van der Waals surface area (Å²) in [7, 11) is 0. The average molecular weight is 292 g/mol. The summed E-state index contributed by atoms with van der Waals surface area (Å²) < 4.78 is 1.34. The monoisotopic (exact) mass is 292 g/mol. The fourth-order valence-corrected chi connectivity index (χ4v) is 3.54. The minimum atomic E-state index is -0.152. The summed E-state index contributed by atoms with van der Waals surface area (Å²) in [6.07, 6.45) is 4.12. The van der Waals surface area contributed by atoms with Crippen molar-refractivity contribution in [3.05, 3.63) is 27.1 Å². The Kier molecular flexibility index (Phi) is 3.62. The fourth-order valence-electron chi connectivity index (χ4n) is 2.56. The number of nitrogens with zero attached hydrogens (tertiary/aromatic N) is 4. The van der Waals surface area contributed by atoms with Gasteiger partial charge in [-0.2, -0.15) is 9.61 Å². The second kappa shape index (κ2) is 5.41. The van der Waals surface area contributed by atoms with Gasteiger partial charge in [-0.3, -0.25) is 9.69 Å². The summed E-state index contributed by atoms with van der Waals surface area (Å²) in [4.78, 5) is 30.0. The third-order valence-corrected chi connectivity index (χ3v) is 4.47. The van der Waals surface area contributed by atoms with Crippen molar-refractivity contribution in [3.8, 4) is 0 Å². The third kappa shape index (κ3) is 2.51. The second-order valence-corrected chi connectivity index (χ2v) is 6.14. The van der Waals surface area contributed by atoms with E-state index in [1.807, 2.05) is 0 Å². The van der Waals surface area contributed by atoms with Crippen LogP contribution in [0.5, 0.6) is 0 Å². The Balaban J connectivity index is 1.89. The molecule has 1 unspecified atom stereocenters. The molecule has 2 aromatic rings. The van der Waals surface area contributed by atoms with Gasteiger partial charge < -0.3 is 4.79 Å². The van der Waals surface area contributed by atoms with Crippen LogP contribution in [0.15, 0.2) is 10.9 Å². The number of piperidine rings is 1. The minimum Gasteiger partial charge on any atom is -0.302 e. The smallest absolute Gasteiger partial charge is 0.275 e. The molecule has 20 heavy (non-hydrogen) atoms. The summed E-state index contributed by atoms with van der Waals surface area (Å²) in [6.45, 7) is 3.31. The van der Waals surface area contributed by atoms with Crippen LogP contribution in [-0.2, 0) is 11.3 Å². The summed E-state index contributed by atoms with van der Waals surface area (Å²) in [5, 5.41) is 5.15. The maximum absolute atomic E-state index is 11.8. The number of carbonyl (C=O) groups is 1. The first-order chi connectivity index (χ1) is 9.67. The molecular weight excluding hydrogens is 276 g/mol. The maximum Gasteiger partial charge on any atom is 0.275 e. The molecule has 1 fully saturated rings. The SMILES string of the molecule is Cc1cc(=O)n2nc(CN3CCCCC3C=O)sc2n1. The molecule has 3 heterocycles. The topological polar surface area (TPSA) is 67.6 Å². The Morgan fingerprint density at radius 1 is 1.50 bits per heavy atom. The van der Waals surface area contributed by atoms with Gasteiger partial charge in [-0.15, -0.1) is 0 Å². The lowest BCUT2D eigenvalue weighted by atomic mass is 10.0. The average Bonchev–Trinajstić information content (AvgIpc) is 2.82. The molecule has 106 valence electrons. The molecule has 0 bridgehead atoms. The van der Waals surface area contributed by atoms with Crippen LogP contribution in [0.25, 0.3) is 4.96 Å². The quantitative estimate of drug-likeness (QED) is 0.790. The molecule has 0 aliphatic carbocycles. The zero-order valence-electron chi connectivity index (χ0n) is 11.3. The Morgan fingerprint density at radius 3 is 3.15 bits per heavy atom. The molecule has 6 nitrogen and oxygen atoms in total. The van der Waals surface area contributed by atoms with Crippen molar-refractivity contribution in [1.29, 1.82) is 0 Å². The van der Waals surface area contributed by atoms with Crippen molar-refractivity contribution in [3.63, 3.8) is 0 Å². The maximum atomic E-state index is 11.8. The highest BCUT2D eigenvalue weighted by Crippen LogP contribution is 2.20. The Bertz CT molecular complexity index is 693. The van der Waals surface area contributed by atoms with Crippen LogP contribution in [0.3, 0.4) is 0 Å². The lowest BCUT2D eigenvalue weighted by Crippen LogP contribution is -2.39. The van der Waals surface area contributed by atoms with Gasteiger partial charge in [0, 0.05) is 11.8 Å². The van der Waals surface area contributed by atoms with E-state index in [1.165, 1.54) is 21.9 Å². The normalized spacial score (nSPS) is 20.4. The largest absolute Gasteiger partial charge is 0.302 e. The zero-order chi connectivity index (χ0) is 14.1. The number of rotatable bonds is 3. The molecule has 0 N–H and O–H groups in total. The van der Waals surface area contributed by atoms with Gasteiger partial charge in [-0.25, -0.2) is 4.98 Å². The molecule has 1 aliphatic heterocycles. The first kappa shape index (κ1) is 13.4. The summed E-state index contributed by atoms with van der Waals surface area (Å²) in [5.74, 6) is 0. The lowest BCUT2D eigenvalue weighted by molar-refractivity contribution is -0.113. The van der Waals surface area contributed by atoms with Crippen LogP contribution in [0.2, 0.25) is 0 Å². The van der Waals surface area contributed by atoms with Gasteiger partial charge in [0.15, 0.2) is 0 Å². The number of aldehydes is 1. The van der Waals surface area contributed by atoms with Crippen LogP contribution in [0.4, 0.5) is 0 Å². The number of hydrogen-bond acceptors (Lipinski definition) is 6. The van der Waals surface area contributed by atoms with Crippen LogP contribution in [-0.4, -0.2) is 38.4 Å². The molecule has 0 amide bonds. The summed E-state index contributed by atoms with van der Waals surface area (Å²) >= 11 is 1.41. The number of carbonyl (C=O) groups excluding carboxylic acids is 1. The van der Waals surface area contributed by atoms with E-state index in [0.29, 0.717) is 17.2 Å². The molecule has 3 rings (SSSR count). The summed E-state index contributed by atoms with van der Waals surface area (Å²) in [6, 6.07) is 1.45. The van der Waals surface area contributed by atoms with Crippen molar-refractivity contribution >= 4 is 22.6 Å². The van der Waals surface area contributed by atoms with E-state index in [2.05, 4.69) is 15.0 Å².